The van der Waals surface area contributed by atoms with Crippen LogP contribution in [0.15, 0.2) is 24.0 Å². The molecule has 5 heteroatoms. The van der Waals surface area contributed by atoms with Crippen LogP contribution in [-0.2, 0) is 0 Å². The summed E-state index contributed by atoms with van der Waals surface area (Å²) in [7, 11) is 0. The fraction of sp³-hybridized carbons (Fsp3) is 0.429. The second-order valence-corrected chi connectivity index (χ2v) is 2.55. The molecule has 0 aromatic carbocycles. The fourth-order valence-corrected chi connectivity index (χ4v) is 0.888. The molecule has 1 aliphatic carbocycles. The Hall–Kier alpha value is -1.00. The number of aliphatic hydroxyl groups excluding tert-OH is 1. The van der Waals surface area contributed by atoms with E-state index in [4.69, 9.17) is 5.11 Å². The Morgan fingerprint density at radius 2 is 2.00 bits per heavy atom. The first-order valence-electron chi connectivity index (χ1n) is 3.18. The maximum atomic E-state index is 12.9. The van der Waals surface area contributed by atoms with Gasteiger partial charge in [0.2, 0.25) is 5.67 Å². The van der Waals surface area contributed by atoms with Gasteiger partial charge in [-0.15, -0.1) is 0 Å². The van der Waals surface area contributed by atoms with Gasteiger partial charge >= 0.3 is 6.18 Å². The van der Waals surface area contributed by atoms with E-state index in [0.717, 1.165) is 12.2 Å². The minimum absolute atomic E-state index is 0.396. The van der Waals surface area contributed by atoms with Crippen molar-refractivity contribution in [1.29, 1.82) is 0 Å². The monoisotopic (exact) mass is 182 g/mol. The smallest absolute Gasteiger partial charge is 0.426 e. The van der Waals surface area contributed by atoms with Crippen LogP contribution in [0.2, 0.25) is 0 Å². The molecule has 1 atom stereocenters. The van der Waals surface area contributed by atoms with Crippen LogP contribution in [-0.4, -0.2) is 17.0 Å². The minimum Gasteiger partial charge on any atom is -0.512 e. The first-order valence-corrected chi connectivity index (χ1v) is 3.18. The average molecular weight is 182 g/mol. The predicted octanol–water partition coefficient (Wildman–Crippen LogP) is 2.66. The van der Waals surface area contributed by atoms with Crippen LogP contribution in [0, 0.1) is 0 Å². The maximum Gasteiger partial charge on any atom is 0.426 e. The van der Waals surface area contributed by atoms with Gasteiger partial charge in [-0.25, -0.2) is 4.39 Å². The molecule has 0 saturated carbocycles. The highest BCUT2D eigenvalue weighted by Gasteiger charge is 2.55. The summed E-state index contributed by atoms with van der Waals surface area (Å²) in [4.78, 5) is 0. The third kappa shape index (κ3) is 1.44. The minimum atomic E-state index is -4.97. The van der Waals surface area contributed by atoms with E-state index in [1.807, 2.05) is 0 Å². The van der Waals surface area contributed by atoms with Gasteiger partial charge in [0.25, 0.3) is 0 Å². The zero-order valence-electron chi connectivity index (χ0n) is 5.90. The molecule has 12 heavy (non-hydrogen) atoms. The summed E-state index contributed by atoms with van der Waals surface area (Å²) in [6.45, 7) is 0. The molecule has 0 bridgehead atoms. The lowest BCUT2D eigenvalue weighted by Crippen LogP contribution is -2.40. The summed E-state index contributed by atoms with van der Waals surface area (Å²) in [5, 5.41) is 8.68. The molecule has 0 aromatic heterocycles. The van der Waals surface area contributed by atoms with Crippen LogP contribution in [0.25, 0.3) is 0 Å². The van der Waals surface area contributed by atoms with E-state index in [-0.39, 0.29) is 0 Å². The summed E-state index contributed by atoms with van der Waals surface area (Å²) >= 11 is 0. The quantitative estimate of drug-likeness (QED) is 0.571. The zero-order chi connectivity index (χ0) is 9.41. The largest absolute Gasteiger partial charge is 0.512 e. The number of hydrogen-bond donors (Lipinski definition) is 1. The molecule has 1 nitrogen and oxygen atoms in total. The van der Waals surface area contributed by atoms with Gasteiger partial charge in [0.1, 0.15) is 0 Å². The van der Waals surface area contributed by atoms with Gasteiger partial charge in [-0.3, -0.25) is 0 Å². The highest BCUT2D eigenvalue weighted by Crippen LogP contribution is 2.40. The van der Waals surface area contributed by atoms with E-state index in [0.29, 0.717) is 6.08 Å². The molecule has 68 valence electrons. The van der Waals surface area contributed by atoms with Gasteiger partial charge in [0.15, 0.2) is 0 Å². The van der Waals surface area contributed by atoms with Crippen LogP contribution < -0.4 is 0 Å². The lowest BCUT2D eigenvalue weighted by atomic mass is 9.95. The Balaban J connectivity index is 2.90. The molecule has 0 aromatic rings. The van der Waals surface area contributed by atoms with E-state index in [9.17, 15) is 17.6 Å². The van der Waals surface area contributed by atoms with Crippen molar-refractivity contribution in [3.05, 3.63) is 24.0 Å². The molecule has 0 heterocycles. The van der Waals surface area contributed by atoms with Gasteiger partial charge in [-0.1, -0.05) is 6.08 Å². The van der Waals surface area contributed by atoms with Gasteiger partial charge in [-0.05, 0) is 12.2 Å². The highest BCUT2D eigenvalue weighted by molar-refractivity contribution is 5.23. The summed E-state index contributed by atoms with van der Waals surface area (Å²) in [5.74, 6) is -0.600. The number of alkyl halides is 4. The van der Waals surface area contributed by atoms with Gasteiger partial charge in [-0.2, -0.15) is 13.2 Å². The van der Waals surface area contributed by atoms with Crippen molar-refractivity contribution in [2.75, 3.05) is 0 Å². The van der Waals surface area contributed by atoms with Gasteiger partial charge < -0.3 is 5.11 Å². The van der Waals surface area contributed by atoms with Crippen molar-refractivity contribution in [1.82, 2.24) is 0 Å². The van der Waals surface area contributed by atoms with Crippen LogP contribution in [0.4, 0.5) is 17.6 Å². The lowest BCUT2D eigenvalue weighted by Gasteiger charge is -2.25. The van der Waals surface area contributed by atoms with Crippen LogP contribution in [0.1, 0.15) is 6.42 Å². The predicted molar refractivity (Wildman–Crippen MR) is 34.4 cm³/mol. The summed E-state index contributed by atoms with van der Waals surface area (Å²) in [6.07, 6.45) is -3.72. The molecule has 0 saturated heterocycles. The van der Waals surface area contributed by atoms with Crippen molar-refractivity contribution in [2.24, 2.45) is 0 Å². The number of allylic oxidation sites excluding steroid dienone is 4. The SMILES string of the molecule is OC1=CC=CC(F)(C(F)(F)F)C1. The van der Waals surface area contributed by atoms with E-state index < -0.39 is 24.0 Å². The Bertz CT molecular complexity index is 240. The maximum absolute atomic E-state index is 12.9. The Kier molecular flexibility index (Phi) is 1.89. The van der Waals surface area contributed by atoms with Crippen LogP contribution in [0.3, 0.4) is 0 Å². The third-order valence-electron chi connectivity index (χ3n) is 1.56. The van der Waals surface area contributed by atoms with E-state index in [2.05, 4.69) is 0 Å². The van der Waals surface area contributed by atoms with Crippen LogP contribution >= 0.6 is 0 Å². The van der Waals surface area contributed by atoms with Crippen molar-refractivity contribution >= 4 is 0 Å². The van der Waals surface area contributed by atoms with E-state index >= 15 is 0 Å². The number of halogens is 4. The topological polar surface area (TPSA) is 20.2 Å². The molecule has 0 amide bonds. The molecule has 0 spiro atoms. The molecule has 1 unspecified atom stereocenters. The van der Waals surface area contributed by atoms with Gasteiger partial charge in [0, 0.05) is 0 Å². The lowest BCUT2D eigenvalue weighted by molar-refractivity contribution is -0.213. The second kappa shape index (κ2) is 2.50. The molecule has 1 rings (SSSR count). The average Bonchev–Trinajstić information content (AvgIpc) is 1.83. The first-order chi connectivity index (χ1) is 5.35. The van der Waals surface area contributed by atoms with Crippen molar-refractivity contribution in [3.63, 3.8) is 0 Å². The van der Waals surface area contributed by atoms with Crippen LogP contribution in [0.5, 0.6) is 0 Å². The molecule has 0 fully saturated rings. The molecular formula is C7H6F4O. The Morgan fingerprint density at radius 3 is 2.33 bits per heavy atom. The third-order valence-corrected chi connectivity index (χ3v) is 1.56. The molecule has 1 N–H and O–H groups in total. The second-order valence-electron chi connectivity index (χ2n) is 2.55. The molecular weight excluding hydrogens is 176 g/mol. The Labute approximate surface area is 66.0 Å². The zero-order valence-corrected chi connectivity index (χ0v) is 5.90. The number of rotatable bonds is 0. The van der Waals surface area contributed by atoms with Crippen molar-refractivity contribution in [2.45, 2.75) is 18.3 Å². The van der Waals surface area contributed by atoms with E-state index in [1.165, 1.54) is 0 Å². The summed E-state index contributed by atoms with van der Waals surface area (Å²) < 4.78 is 48.7. The molecule has 0 aliphatic heterocycles. The molecule has 0 radical (unpaired) electrons. The number of aliphatic hydroxyl groups is 1. The summed E-state index contributed by atoms with van der Waals surface area (Å²) in [6, 6.07) is 0. The number of hydrogen-bond acceptors (Lipinski definition) is 1. The van der Waals surface area contributed by atoms with Gasteiger partial charge in [0.05, 0.1) is 12.2 Å². The molecule has 1 aliphatic rings. The Morgan fingerprint density at radius 1 is 1.42 bits per heavy atom. The van der Waals surface area contributed by atoms with Crippen molar-refractivity contribution in [3.8, 4) is 0 Å². The standard InChI is InChI=1S/C7H6F4O/c8-6(7(9,10)11)3-1-2-5(12)4-6/h1-3,12H,4H2. The highest BCUT2D eigenvalue weighted by atomic mass is 19.4. The normalized spacial score (nSPS) is 30.2. The summed E-state index contributed by atoms with van der Waals surface area (Å²) in [5.41, 5.74) is -3.41. The van der Waals surface area contributed by atoms with E-state index in [1.54, 1.807) is 0 Å². The first kappa shape index (κ1) is 9.09. The van der Waals surface area contributed by atoms with Crippen molar-refractivity contribution < 1.29 is 22.7 Å². The fourth-order valence-electron chi connectivity index (χ4n) is 0.888.